The summed E-state index contributed by atoms with van der Waals surface area (Å²) in [6.45, 7) is 0. The van der Waals surface area contributed by atoms with Gasteiger partial charge in [0.2, 0.25) is 0 Å². The first-order chi connectivity index (χ1) is 0. The van der Waals surface area contributed by atoms with E-state index >= 15 is 0 Å². The van der Waals surface area contributed by atoms with E-state index in [0.717, 1.165) is 0 Å². The normalized spacial score (nSPS) is 0. The van der Waals surface area contributed by atoms with Crippen LogP contribution in [0.3, 0.4) is 0 Å². The molecule has 0 spiro atoms. The summed E-state index contributed by atoms with van der Waals surface area (Å²) in [6, 6.07) is 0. The van der Waals surface area contributed by atoms with Crippen LogP contribution >= 0.6 is 0 Å². The predicted molar refractivity (Wildman–Crippen MR) is 0 cm³/mol. The van der Waals surface area contributed by atoms with Crippen molar-refractivity contribution < 1.29 is 71.7 Å². The molecule has 0 aliphatic rings. The van der Waals surface area contributed by atoms with Crippen molar-refractivity contribution in [2.75, 3.05) is 0 Å². The molecule has 0 saturated heterocycles. The van der Waals surface area contributed by atoms with Gasteiger partial charge in [-0.05, 0) is 0 Å². The standard InChI is InChI=1S/2Fe.Mo.Ni. The molecule has 0 rings (SSSR count). The van der Waals surface area contributed by atoms with E-state index in [9.17, 15) is 0 Å². The molecule has 0 aromatic carbocycles. The monoisotopic (exact) mass is 268 g/mol. The number of hydrogen-bond donors (Lipinski definition) is 0. The van der Waals surface area contributed by atoms with Gasteiger partial charge in [-0.1, -0.05) is 0 Å². The van der Waals surface area contributed by atoms with Crippen LogP contribution in [0.4, 0.5) is 0 Å². The fourth-order valence-corrected chi connectivity index (χ4v) is 0. The van der Waals surface area contributed by atoms with Crippen molar-refractivity contribution in [2.45, 2.75) is 0 Å². The molecule has 0 aromatic heterocycles. The second kappa shape index (κ2) is 18.9. The maximum Gasteiger partial charge on any atom is 0 e. The average molecular weight is 266 g/mol. The minimum absolute atomic E-state index is 0. The molecule has 4 heavy (non-hydrogen) atoms. The van der Waals surface area contributed by atoms with Gasteiger partial charge in [0, 0.05) is 71.7 Å². The van der Waals surface area contributed by atoms with Gasteiger partial charge in [-0.15, -0.1) is 0 Å². The Balaban J connectivity index is 0. The zero-order valence-corrected chi connectivity index (χ0v) is 6.63. The van der Waals surface area contributed by atoms with Crippen LogP contribution in [-0.4, -0.2) is 0 Å². The van der Waals surface area contributed by atoms with Crippen LogP contribution in [0.15, 0.2) is 0 Å². The third-order valence-corrected chi connectivity index (χ3v) is 0. The summed E-state index contributed by atoms with van der Waals surface area (Å²) in [5, 5.41) is 0. The molecule has 0 aromatic rings. The van der Waals surface area contributed by atoms with Gasteiger partial charge in [0.05, 0.1) is 0 Å². The zero-order chi connectivity index (χ0) is 0. The number of hydrogen-bond acceptors (Lipinski definition) is 0. The Hall–Kier alpha value is 2.22. The van der Waals surface area contributed by atoms with Crippen molar-refractivity contribution in [2.24, 2.45) is 0 Å². The summed E-state index contributed by atoms with van der Waals surface area (Å²) in [5.41, 5.74) is 0. The molecule has 0 amide bonds. The molecule has 4 heteroatoms. The van der Waals surface area contributed by atoms with Gasteiger partial charge in [-0.2, -0.15) is 0 Å². The molecule has 0 saturated carbocycles. The van der Waals surface area contributed by atoms with Crippen molar-refractivity contribution in [1.29, 1.82) is 0 Å². The molecule has 32 valence electrons. The van der Waals surface area contributed by atoms with Gasteiger partial charge in [0.15, 0.2) is 0 Å². The molecule has 0 heterocycles. The molecule has 0 aliphatic heterocycles. The van der Waals surface area contributed by atoms with Crippen molar-refractivity contribution >= 4 is 0 Å². The minimum Gasteiger partial charge on any atom is 0 e. The van der Waals surface area contributed by atoms with E-state index in [-0.39, 0.29) is 71.7 Å². The number of rotatable bonds is 0. The molecular weight excluding hydrogens is 266 g/mol. The fraction of sp³-hybridized carbons (Fsp3) is 0. The van der Waals surface area contributed by atoms with Crippen molar-refractivity contribution in [3.05, 3.63) is 0 Å². The Morgan fingerprint density at radius 3 is 0.750 bits per heavy atom. The summed E-state index contributed by atoms with van der Waals surface area (Å²) in [4.78, 5) is 0. The molecule has 0 nitrogen and oxygen atoms in total. The summed E-state index contributed by atoms with van der Waals surface area (Å²) < 4.78 is 0. The molecule has 0 bridgehead atoms. The van der Waals surface area contributed by atoms with Crippen LogP contribution in [0, 0.1) is 0 Å². The largest absolute Gasteiger partial charge is 0 e. The smallest absolute Gasteiger partial charge is 0 e. The van der Waals surface area contributed by atoms with Crippen molar-refractivity contribution in [1.82, 2.24) is 0 Å². The van der Waals surface area contributed by atoms with Crippen LogP contribution in [0.25, 0.3) is 0 Å². The van der Waals surface area contributed by atoms with E-state index in [1.807, 2.05) is 0 Å². The summed E-state index contributed by atoms with van der Waals surface area (Å²) >= 11 is 0. The van der Waals surface area contributed by atoms with Crippen LogP contribution in [-0.2, 0) is 71.7 Å². The van der Waals surface area contributed by atoms with Gasteiger partial charge in [-0.25, -0.2) is 0 Å². The second-order valence-corrected chi connectivity index (χ2v) is 0. The van der Waals surface area contributed by atoms with Crippen LogP contribution in [0.1, 0.15) is 0 Å². The third kappa shape index (κ3) is 8.88. The Kier molecular flexibility index (Phi) is 162. The quantitative estimate of drug-likeness (QED) is 0.541. The maximum absolute atomic E-state index is 0. The first kappa shape index (κ1) is 34.4. The molecular formula is Fe2MoNi. The Bertz CT molecular complexity index is 6.00. The van der Waals surface area contributed by atoms with Gasteiger partial charge >= 0.3 is 0 Å². The van der Waals surface area contributed by atoms with Crippen molar-refractivity contribution in [3.8, 4) is 0 Å². The summed E-state index contributed by atoms with van der Waals surface area (Å²) in [5.74, 6) is 0. The van der Waals surface area contributed by atoms with E-state index in [1.54, 1.807) is 0 Å². The fourth-order valence-electron chi connectivity index (χ4n) is 0. The molecule has 0 aliphatic carbocycles. The first-order valence-electron chi connectivity index (χ1n) is 0. The van der Waals surface area contributed by atoms with Crippen LogP contribution in [0.2, 0.25) is 0 Å². The first-order valence-corrected chi connectivity index (χ1v) is 0. The molecule has 0 N–H and O–H groups in total. The Morgan fingerprint density at radius 2 is 0.750 bits per heavy atom. The van der Waals surface area contributed by atoms with Gasteiger partial charge in [0.25, 0.3) is 0 Å². The van der Waals surface area contributed by atoms with E-state index in [2.05, 4.69) is 0 Å². The minimum atomic E-state index is 0. The van der Waals surface area contributed by atoms with Gasteiger partial charge < -0.3 is 0 Å². The summed E-state index contributed by atoms with van der Waals surface area (Å²) in [6.07, 6.45) is 0. The van der Waals surface area contributed by atoms with E-state index in [0.29, 0.717) is 0 Å². The molecule has 0 radical (unpaired) electrons. The predicted octanol–water partition coefficient (Wildman–Crippen LogP) is -0.0100. The second-order valence-electron chi connectivity index (χ2n) is 0. The molecule has 0 unspecified atom stereocenters. The topological polar surface area (TPSA) is 0 Å². The van der Waals surface area contributed by atoms with Crippen LogP contribution < -0.4 is 0 Å². The molecule has 0 atom stereocenters. The van der Waals surface area contributed by atoms with Crippen molar-refractivity contribution in [3.63, 3.8) is 0 Å². The Morgan fingerprint density at radius 1 is 0.750 bits per heavy atom. The van der Waals surface area contributed by atoms with Crippen LogP contribution in [0.5, 0.6) is 0 Å². The average Bonchev–Trinajstić information content (AvgIpc) is 0. The molecule has 0 fully saturated rings. The van der Waals surface area contributed by atoms with Gasteiger partial charge in [0.1, 0.15) is 0 Å². The third-order valence-electron chi connectivity index (χ3n) is 0. The maximum atomic E-state index is 0. The van der Waals surface area contributed by atoms with E-state index in [4.69, 9.17) is 0 Å². The summed E-state index contributed by atoms with van der Waals surface area (Å²) in [7, 11) is 0. The van der Waals surface area contributed by atoms with Gasteiger partial charge in [-0.3, -0.25) is 0 Å². The zero-order valence-electron chi connectivity index (χ0n) is 1.43. The Labute approximate surface area is 71.0 Å². The van der Waals surface area contributed by atoms with E-state index in [1.165, 1.54) is 0 Å². The van der Waals surface area contributed by atoms with E-state index < -0.39 is 0 Å². The SMILES string of the molecule is [Fe].[Fe].[Mo].[Ni].